The van der Waals surface area contributed by atoms with Crippen molar-refractivity contribution in [2.45, 2.75) is 123 Å². The largest absolute Gasteiger partial charge is 0.400 e. The molecule has 0 fully saturated rings. The van der Waals surface area contributed by atoms with Gasteiger partial charge in [-0.05, 0) is 44.2 Å². The molecule has 0 spiro atoms. The van der Waals surface area contributed by atoms with E-state index in [9.17, 15) is 0 Å². The van der Waals surface area contributed by atoms with Crippen LogP contribution in [0, 0.1) is 0 Å². The molecule has 7 rings (SSSR count). The van der Waals surface area contributed by atoms with Crippen LogP contribution in [0.3, 0.4) is 0 Å². The van der Waals surface area contributed by atoms with Crippen LogP contribution in [0.4, 0.5) is 0 Å². The van der Waals surface area contributed by atoms with E-state index >= 15 is 0 Å². The van der Waals surface area contributed by atoms with E-state index in [0.29, 0.717) is 5.92 Å². The van der Waals surface area contributed by atoms with Crippen LogP contribution in [0.1, 0.15) is 156 Å². The van der Waals surface area contributed by atoms with Crippen molar-refractivity contribution in [2.75, 3.05) is 28.4 Å². The van der Waals surface area contributed by atoms with E-state index in [1.807, 2.05) is 111 Å². The maximum absolute atomic E-state index is 7.00. The van der Waals surface area contributed by atoms with Crippen molar-refractivity contribution in [3.8, 4) is 0 Å². The van der Waals surface area contributed by atoms with Crippen LogP contribution in [0.5, 0.6) is 0 Å². The zero-order chi connectivity index (χ0) is 52.4. The molecule has 4 heteroatoms. The maximum Gasteiger partial charge on any atom is 0.0346 e. The third kappa shape index (κ3) is 30.7. The van der Waals surface area contributed by atoms with Gasteiger partial charge in [0.25, 0.3) is 0 Å². The number of aliphatic hydroxyl groups excluding tert-OH is 4. The molecule has 0 saturated carbocycles. The number of rotatable bonds is 6. The molecule has 0 saturated heterocycles. The highest BCUT2D eigenvalue weighted by atomic mass is 16.2. The Bertz CT molecular complexity index is 1680. The number of fused-ring (bicyclic) bond motifs is 1. The van der Waals surface area contributed by atoms with Gasteiger partial charge >= 0.3 is 0 Å². The topological polar surface area (TPSA) is 80.9 Å². The molecule has 0 heterocycles. The van der Waals surface area contributed by atoms with Gasteiger partial charge in [0.05, 0.1) is 0 Å². The van der Waals surface area contributed by atoms with Crippen molar-refractivity contribution in [1.29, 1.82) is 0 Å². The van der Waals surface area contributed by atoms with Crippen molar-refractivity contribution in [3.05, 3.63) is 228 Å². The summed E-state index contributed by atoms with van der Waals surface area (Å²) < 4.78 is 0. The van der Waals surface area contributed by atoms with Crippen molar-refractivity contribution in [3.63, 3.8) is 0 Å². The molecule has 7 aromatic rings. The standard InChI is InChI=1S/C23H18.C19H16.8C2H6.4CH4O/c1-3-11-19(12-4-1)23(20-13-5-2-6-14-20)22-17-9-15-18-10-7-8-16-21(18)22;1-4-10-16(11-5-1)19(17-12-6-2-7-13-17)18-14-8-3-9-15-18;12*1-2/h1-17,23H;1-15,19H;8*1-2H3;4*2H,1H3. The van der Waals surface area contributed by atoms with Crippen LogP contribution in [0.25, 0.3) is 10.8 Å². The summed E-state index contributed by atoms with van der Waals surface area (Å²) in [4.78, 5) is 0. The van der Waals surface area contributed by atoms with Gasteiger partial charge in [0.1, 0.15) is 0 Å². The summed E-state index contributed by atoms with van der Waals surface area (Å²) in [7, 11) is 4.00. The molecule has 0 aliphatic heterocycles. The Kier molecular flexibility index (Phi) is 72.6. The number of aliphatic hydroxyl groups is 4. The predicted octanol–water partition coefficient (Wildman–Crippen LogP) is 17.5. The van der Waals surface area contributed by atoms with Crippen LogP contribution in [0.15, 0.2) is 194 Å². The molecule has 0 unspecified atom stereocenters. The summed E-state index contributed by atoms with van der Waals surface area (Å²) in [6.45, 7) is 32.0. The normalized spacial score (nSPS) is 7.97. The second-order valence-corrected chi connectivity index (χ2v) is 10.5. The second kappa shape index (κ2) is 63.9. The number of hydrogen-bond donors (Lipinski definition) is 4. The fourth-order valence-corrected chi connectivity index (χ4v) is 5.86. The van der Waals surface area contributed by atoms with Crippen LogP contribution >= 0.6 is 0 Å². The lowest BCUT2D eigenvalue weighted by molar-refractivity contribution is 0.399. The molecule has 66 heavy (non-hydrogen) atoms. The Hall–Kier alpha value is -5.36. The SMILES string of the molecule is CC.CC.CC.CC.CC.CC.CC.CC.CO.CO.CO.CO.c1ccc(C(c2ccccc2)c2cccc3ccccc23)cc1.c1ccc(C(c2ccccc2)c2ccccc2)cc1. The lowest BCUT2D eigenvalue weighted by Crippen LogP contribution is -2.03. The minimum absolute atomic E-state index is 0.253. The Labute approximate surface area is 408 Å². The van der Waals surface area contributed by atoms with Crippen molar-refractivity contribution in [2.24, 2.45) is 0 Å². The van der Waals surface area contributed by atoms with E-state index in [-0.39, 0.29) is 5.92 Å². The summed E-state index contributed by atoms with van der Waals surface area (Å²) in [5.41, 5.74) is 8.02. The highest BCUT2D eigenvalue weighted by molar-refractivity contribution is 5.87. The zero-order valence-electron chi connectivity index (χ0n) is 45.4. The highest BCUT2D eigenvalue weighted by Gasteiger charge is 2.18. The van der Waals surface area contributed by atoms with Gasteiger partial charge in [-0.1, -0.05) is 305 Å². The first-order chi connectivity index (χ1) is 32.9. The Morgan fingerprint density at radius 3 is 0.667 bits per heavy atom. The van der Waals surface area contributed by atoms with E-state index in [1.165, 1.54) is 44.2 Å². The maximum atomic E-state index is 7.00. The van der Waals surface area contributed by atoms with Gasteiger partial charge in [0.15, 0.2) is 0 Å². The third-order valence-electron chi connectivity index (χ3n) is 7.80. The monoisotopic (exact) mass is 907 g/mol. The molecule has 7 aromatic carbocycles. The smallest absolute Gasteiger partial charge is 0.0346 e. The molecule has 0 aliphatic rings. The summed E-state index contributed by atoms with van der Waals surface area (Å²) >= 11 is 0. The summed E-state index contributed by atoms with van der Waals surface area (Å²) in [5.74, 6) is 0.562. The Morgan fingerprint density at radius 1 is 0.212 bits per heavy atom. The minimum atomic E-state index is 0.253. The van der Waals surface area contributed by atoms with Gasteiger partial charge in [-0.25, -0.2) is 0 Å². The summed E-state index contributed by atoms with van der Waals surface area (Å²) in [5, 5.41) is 30.6. The molecule has 0 aromatic heterocycles. The van der Waals surface area contributed by atoms with E-state index in [4.69, 9.17) is 20.4 Å². The van der Waals surface area contributed by atoms with Crippen molar-refractivity contribution < 1.29 is 20.4 Å². The summed E-state index contributed by atoms with van der Waals surface area (Å²) in [6.07, 6.45) is 0. The lowest BCUT2D eigenvalue weighted by atomic mass is 9.83. The molecule has 4 nitrogen and oxygen atoms in total. The molecule has 0 amide bonds. The van der Waals surface area contributed by atoms with Gasteiger partial charge in [-0.15, -0.1) is 0 Å². The van der Waals surface area contributed by atoms with Gasteiger partial charge in [-0.2, -0.15) is 0 Å². The first-order valence-electron chi connectivity index (χ1n) is 24.4. The predicted molar refractivity (Wildman–Crippen MR) is 301 cm³/mol. The molecule has 0 radical (unpaired) electrons. The average Bonchev–Trinajstić information content (AvgIpc) is 3.47. The van der Waals surface area contributed by atoms with Crippen molar-refractivity contribution in [1.82, 2.24) is 0 Å². The van der Waals surface area contributed by atoms with Crippen LogP contribution in [-0.2, 0) is 0 Å². The first-order valence-corrected chi connectivity index (χ1v) is 24.4. The van der Waals surface area contributed by atoms with Crippen LogP contribution in [0.2, 0.25) is 0 Å². The van der Waals surface area contributed by atoms with E-state index in [2.05, 4.69) is 194 Å². The van der Waals surface area contributed by atoms with E-state index < -0.39 is 0 Å². The Morgan fingerprint density at radius 2 is 0.409 bits per heavy atom. The van der Waals surface area contributed by atoms with Gasteiger partial charge in [0.2, 0.25) is 0 Å². The van der Waals surface area contributed by atoms with E-state index in [0.717, 1.165) is 28.4 Å². The van der Waals surface area contributed by atoms with E-state index in [1.54, 1.807) is 0 Å². The highest BCUT2D eigenvalue weighted by Crippen LogP contribution is 2.36. The zero-order valence-corrected chi connectivity index (χ0v) is 45.4. The summed E-state index contributed by atoms with van der Waals surface area (Å²) in [6, 6.07) is 68.8. The molecule has 0 aliphatic carbocycles. The minimum Gasteiger partial charge on any atom is -0.400 e. The van der Waals surface area contributed by atoms with Crippen LogP contribution in [-0.4, -0.2) is 48.9 Å². The number of benzene rings is 7. The van der Waals surface area contributed by atoms with Crippen molar-refractivity contribution >= 4 is 10.8 Å². The first kappa shape index (κ1) is 75.0. The van der Waals surface area contributed by atoms with Gasteiger partial charge in [0, 0.05) is 40.3 Å². The molecule has 4 N–H and O–H groups in total. The van der Waals surface area contributed by atoms with Gasteiger partial charge in [-0.3, -0.25) is 0 Å². The average molecular weight is 907 g/mol. The number of hydrogen-bond acceptors (Lipinski definition) is 4. The molecular formula is C62H98O4. The Balaban J connectivity index is -0.000000146. The van der Waals surface area contributed by atoms with Gasteiger partial charge < -0.3 is 20.4 Å². The molecular weight excluding hydrogens is 809 g/mol. The molecule has 0 atom stereocenters. The fraction of sp³-hybridized carbons (Fsp3) is 0.355. The second-order valence-electron chi connectivity index (χ2n) is 10.5. The molecule has 370 valence electrons. The quantitative estimate of drug-likeness (QED) is 0.125. The molecule has 0 bridgehead atoms. The van der Waals surface area contributed by atoms with Crippen LogP contribution < -0.4 is 0 Å². The third-order valence-corrected chi connectivity index (χ3v) is 7.80. The fourth-order valence-electron chi connectivity index (χ4n) is 5.86. The lowest BCUT2D eigenvalue weighted by Gasteiger charge is -2.20.